The van der Waals surface area contributed by atoms with Crippen LogP contribution in [0, 0.1) is 0 Å². The van der Waals surface area contributed by atoms with Crippen LogP contribution in [-0.2, 0) is 0 Å². The zero-order chi connectivity index (χ0) is 21.7. The molecule has 162 valence electrons. The van der Waals surface area contributed by atoms with Gasteiger partial charge in [-0.1, -0.05) is 0 Å². The van der Waals surface area contributed by atoms with Gasteiger partial charge < -0.3 is 0 Å². The predicted octanol–water partition coefficient (Wildman–Crippen LogP) is 7.83. The molecule has 5 aromatic rings. The fourth-order valence-corrected chi connectivity index (χ4v) is 17.5. The van der Waals surface area contributed by atoms with Crippen molar-refractivity contribution in [2.24, 2.45) is 13.5 Å². The van der Waals surface area contributed by atoms with Crippen molar-refractivity contribution in [2.45, 2.75) is 0 Å². The number of hydrogen-bond acceptors (Lipinski definition) is 3. The first-order valence-corrected chi connectivity index (χ1v) is 15.7. The first kappa shape index (κ1) is 20.0. The van der Waals surface area contributed by atoms with Gasteiger partial charge in [0.25, 0.3) is 21.7 Å². The van der Waals surface area contributed by atoms with Crippen LogP contribution in [0.25, 0.3) is 0 Å². The second-order valence-electron chi connectivity index (χ2n) is 7.15. The van der Waals surface area contributed by atoms with Crippen LogP contribution >= 0.6 is 33.0 Å². The molecule has 5 aromatic heterocycles. The molecular weight excluding hydrogens is 481 g/mol. The van der Waals surface area contributed by atoms with Gasteiger partial charge in [0.05, 0.1) is 0 Å². The minimum atomic E-state index is -2.91. The smallest absolute Gasteiger partial charge is 0.280 e. The fraction of sp³-hybridized carbons (Fsp3) is 0. The summed E-state index contributed by atoms with van der Waals surface area (Å²) in [5.41, 5.74) is 0. The third-order valence-corrected chi connectivity index (χ3v) is 17.0. The van der Waals surface area contributed by atoms with Crippen molar-refractivity contribution in [3.05, 3.63) is 123 Å². The molecule has 1 atom stereocenters. The number of nitrogens with zero attached hydrogens (tertiary/aromatic N) is 8. The Morgan fingerprint density at radius 2 is 0.656 bits per heavy atom. The fourth-order valence-electron chi connectivity index (χ4n) is 3.73. The summed E-state index contributed by atoms with van der Waals surface area (Å²) in [6.07, 6.45) is 20.0. The normalized spacial score (nSPS) is 21.4. The first-order valence-electron chi connectivity index (χ1n) is 9.95. The average Bonchev–Trinajstić information content (AvgIpc) is 3.66. The molecule has 0 fully saturated rings. The first-order chi connectivity index (χ1) is 15.6. The highest BCUT2D eigenvalue weighted by molar-refractivity contribution is 7.97. The molecule has 1 aliphatic rings. The van der Waals surface area contributed by atoms with Gasteiger partial charge in [-0.05, 0) is 71.9 Å². The maximum atomic E-state index is 7.46. The molecule has 0 spiro atoms. The summed E-state index contributed by atoms with van der Waals surface area (Å²) in [7, 11) is -5.54. The van der Waals surface area contributed by atoms with Gasteiger partial charge in [0.1, 0.15) is 0 Å². The van der Waals surface area contributed by atoms with Gasteiger partial charge in [-0.2, -0.15) is 13.5 Å². The van der Waals surface area contributed by atoms with E-state index in [1.807, 2.05) is 127 Å². The van der Waals surface area contributed by atoms with Gasteiger partial charge in [-0.15, -0.1) is 0 Å². The summed E-state index contributed by atoms with van der Waals surface area (Å²) in [5.74, 6) is 0. The van der Waals surface area contributed by atoms with Gasteiger partial charge in [-0.3, -0.25) is 21.7 Å². The number of hydrogen-bond donors (Lipinski definition) is 0. The quantitative estimate of drug-likeness (QED) is 0.221. The van der Waals surface area contributed by atoms with Crippen molar-refractivity contribution in [2.75, 3.05) is 0 Å². The lowest BCUT2D eigenvalue weighted by molar-refractivity contribution is 1.06. The minimum absolute atomic E-state index is 1.94. The zero-order valence-electron chi connectivity index (χ0n) is 16.8. The maximum Gasteiger partial charge on any atom is 0.280 e. The third kappa shape index (κ3) is 2.95. The molecule has 6 rings (SSSR count). The van der Waals surface area contributed by atoms with Crippen molar-refractivity contribution in [3.63, 3.8) is 0 Å². The molecule has 0 N–H and O–H groups in total. The molecule has 0 saturated heterocycles. The lowest BCUT2D eigenvalue weighted by atomic mass is 10.7. The van der Waals surface area contributed by atoms with Crippen LogP contribution < -0.4 is 0 Å². The molecule has 32 heavy (non-hydrogen) atoms. The molecule has 0 aromatic carbocycles. The standard InChI is InChI=1S/C20H20ClN8P3/c21-30(25-11-1-2-12-25)22-31(26-13-3-4-14-26,27-15-5-6-16-27)24-32(23-30,28-17-7-8-18-28)29-19-9-10-20-29/h1-20H. The SMILES string of the molecule is ClP1(n2cccc2)=NP(n2cccc2)(n2cccc2)=NP(n2cccc2)(n2cccc2)=N1. The third-order valence-electron chi connectivity index (χ3n) is 5.18. The van der Waals surface area contributed by atoms with Crippen LogP contribution in [0.5, 0.6) is 0 Å². The Morgan fingerprint density at radius 3 is 1.00 bits per heavy atom. The highest BCUT2D eigenvalue weighted by Gasteiger charge is 2.41. The predicted molar refractivity (Wildman–Crippen MR) is 133 cm³/mol. The summed E-state index contributed by atoms with van der Waals surface area (Å²) in [6, 6.07) is 19.9. The Hall–Kier alpha value is -2.62. The number of rotatable bonds is 5. The van der Waals surface area contributed by atoms with Crippen LogP contribution in [0.2, 0.25) is 0 Å². The molecule has 0 bridgehead atoms. The van der Waals surface area contributed by atoms with E-state index in [-0.39, 0.29) is 0 Å². The van der Waals surface area contributed by atoms with Crippen molar-refractivity contribution >= 4 is 33.0 Å². The maximum absolute atomic E-state index is 7.46. The van der Waals surface area contributed by atoms with Crippen LogP contribution in [0.15, 0.2) is 136 Å². The Morgan fingerprint density at radius 1 is 0.375 bits per heavy atom. The van der Waals surface area contributed by atoms with E-state index in [0.29, 0.717) is 0 Å². The molecule has 0 radical (unpaired) electrons. The highest BCUT2D eigenvalue weighted by Crippen LogP contribution is 2.81. The Balaban J connectivity index is 1.85. The summed E-state index contributed by atoms with van der Waals surface area (Å²) >= 11 is 7.46. The number of halogens is 1. The van der Waals surface area contributed by atoms with Gasteiger partial charge in [0.15, 0.2) is 0 Å². The molecule has 6 heterocycles. The van der Waals surface area contributed by atoms with Gasteiger partial charge in [0, 0.05) is 62.0 Å². The van der Waals surface area contributed by atoms with E-state index in [2.05, 4.69) is 17.4 Å². The number of aromatic nitrogens is 5. The molecule has 0 saturated carbocycles. The van der Waals surface area contributed by atoms with Crippen LogP contribution in [0.3, 0.4) is 0 Å². The van der Waals surface area contributed by atoms with E-state index in [1.165, 1.54) is 0 Å². The molecular formula is C20H20ClN8P3. The van der Waals surface area contributed by atoms with E-state index >= 15 is 0 Å². The van der Waals surface area contributed by atoms with Gasteiger partial charge in [-0.25, -0.2) is 0 Å². The Labute approximate surface area is 190 Å². The Bertz CT molecular complexity index is 1340. The van der Waals surface area contributed by atoms with Crippen molar-refractivity contribution in [1.29, 1.82) is 0 Å². The summed E-state index contributed by atoms with van der Waals surface area (Å²) in [4.78, 5) is 0. The van der Waals surface area contributed by atoms with Gasteiger partial charge in [0.2, 0.25) is 0 Å². The summed E-state index contributed by atoms with van der Waals surface area (Å²) in [5, 5.41) is 0. The summed E-state index contributed by atoms with van der Waals surface area (Å²) in [6.45, 7) is -2.91. The average molecular weight is 501 g/mol. The monoisotopic (exact) mass is 500 g/mol. The van der Waals surface area contributed by atoms with E-state index in [1.54, 1.807) is 0 Å². The van der Waals surface area contributed by atoms with Gasteiger partial charge >= 0.3 is 0 Å². The molecule has 0 amide bonds. The van der Waals surface area contributed by atoms with E-state index in [0.717, 1.165) is 0 Å². The van der Waals surface area contributed by atoms with Crippen molar-refractivity contribution in [3.8, 4) is 0 Å². The molecule has 12 heteroatoms. The molecule has 8 nitrogen and oxygen atoms in total. The van der Waals surface area contributed by atoms with Crippen LogP contribution in [0.1, 0.15) is 0 Å². The van der Waals surface area contributed by atoms with E-state index in [9.17, 15) is 0 Å². The van der Waals surface area contributed by atoms with Crippen molar-refractivity contribution < 1.29 is 0 Å². The van der Waals surface area contributed by atoms with E-state index in [4.69, 9.17) is 24.8 Å². The molecule has 0 aliphatic carbocycles. The topological polar surface area (TPSA) is 61.7 Å². The van der Waals surface area contributed by atoms with Crippen LogP contribution in [-0.4, -0.2) is 21.7 Å². The van der Waals surface area contributed by atoms with Crippen molar-refractivity contribution in [1.82, 2.24) is 21.7 Å². The molecule has 1 aliphatic heterocycles. The largest absolute Gasteiger partial charge is 0.291 e. The second-order valence-corrected chi connectivity index (χ2v) is 16.1. The zero-order valence-corrected chi connectivity index (χ0v) is 20.3. The highest BCUT2D eigenvalue weighted by atomic mass is 35.7. The lowest BCUT2D eigenvalue weighted by Gasteiger charge is -2.36. The minimum Gasteiger partial charge on any atom is -0.291 e. The van der Waals surface area contributed by atoms with Crippen LogP contribution in [0.4, 0.5) is 0 Å². The second kappa shape index (κ2) is 7.47. The summed E-state index contributed by atoms with van der Waals surface area (Å²) < 4.78 is 26.6. The van der Waals surface area contributed by atoms with E-state index < -0.39 is 21.7 Å². The lowest BCUT2D eigenvalue weighted by Crippen LogP contribution is -2.09. The molecule has 1 unspecified atom stereocenters. The Kier molecular flexibility index (Phi) is 4.67.